The lowest BCUT2D eigenvalue weighted by molar-refractivity contribution is -0.384. The summed E-state index contributed by atoms with van der Waals surface area (Å²) in [6.45, 7) is 6.38. The number of amides is 1. The number of morpholine rings is 1. The highest BCUT2D eigenvalue weighted by molar-refractivity contribution is 7.14. The number of nitro groups is 1. The summed E-state index contributed by atoms with van der Waals surface area (Å²) in [6.07, 6.45) is 0.312. The van der Waals surface area contributed by atoms with Gasteiger partial charge >= 0.3 is 0 Å². The smallest absolute Gasteiger partial charge is 0.270 e. The molecule has 172 valence electrons. The number of nitrogens with one attached hydrogen (secondary N) is 1. The zero-order valence-corrected chi connectivity index (χ0v) is 19.1. The van der Waals surface area contributed by atoms with Crippen molar-refractivity contribution < 1.29 is 19.2 Å². The molecule has 1 fully saturated rings. The van der Waals surface area contributed by atoms with E-state index in [0.717, 1.165) is 18.8 Å². The zero-order chi connectivity index (χ0) is 23.4. The van der Waals surface area contributed by atoms with Crippen LogP contribution < -0.4 is 10.1 Å². The van der Waals surface area contributed by atoms with Gasteiger partial charge in [0.25, 0.3) is 11.6 Å². The molecule has 1 aliphatic heterocycles. The number of anilines is 1. The molecular formula is C23H24N4O5S. The first-order valence-electron chi connectivity index (χ1n) is 10.5. The van der Waals surface area contributed by atoms with E-state index in [2.05, 4.69) is 15.2 Å². The highest BCUT2D eigenvalue weighted by Gasteiger charge is 2.23. The SMILES string of the molecule is CC1CN(Cc2csc(NC(=O)c3cc([N+](=O)[O-])ccc3Oc3ccccc3)n2)CC(C)O1. The van der Waals surface area contributed by atoms with Crippen molar-refractivity contribution in [1.82, 2.24) is 9.88 Å². The van der Waals surface area contributed by atoms with Gasteiger partial charge in [0.15, 0.2) is 5.13 Å². The summed E-state index contributed by atoms with van der Waals surface area (Å²) >= 11 is 1.31. The van der Waals surface area contributed by atoms with Crippen LogP contribution in [0.15, 0.2) is 53.9 Å². The van der Waals surface area contributed by atoms with Gasteiger partial charge in [0.2, 0.25) is 0 Å². The fraction of sp³-hybridized carbons (Fsp3) is 0.304. The quantitative estimate of drug-likeness (QED) is 0.395. The van der Waals surface area contributed by atoms with E-state index >= 15 is 0 Å². The molecular weight excluding hydrogens is 444 g/mol. The molecule has 0 spiro atoms. The number of carbonyl (C=O) groups is 1. The molecule has 1 aromatic heterocycles. The predicted molar refractivity (Wildman–Crippen MR) is 125 cm³/mol. The third-order valence-corrected chi connectivity index (χ3v) is 5.85. The number of thiazole rings is 1. The van der Waals surface area contributed by atoms with Gasteiger partial charge in [-0.25, -0.2) is 4.98 Å². The van der Waals surface area contributed by atoms with Crippen LogP contribution in [0, 0.1) is 10.1 Å². The molecule has 33 heavy (non-hydrogen) atoms. The molecule has 0 saturated carbocycles. The van der Waals surface area contributed by atoms with E-state index < -0.39 is 10.8 Å². The molecule has 2 aromatic carbocycles. The summed E-state index contributed by atoms with van der Waals surface area (Å²) in [5, 5.41) is 16.3. The third-order valence-electron chi connectivity index (χ3n) is 5.04. The second kappa shape index (κ2) is 10.1. The number of ether oxygens (including phenoxy) is 2. The minimum Gasteiger partial charge on any atom is -0.457 e. The average molecular weight is 469 g/mol. The largest absolute Gasteiger partial charge is 0.457 e. The van der Waals surface area contributed by atoms with Gasteiger partial charge < -0.3 is 9.47 Å². The number of non-ortho nitro benzene ring substituents is 1. The Kier molecular flexibility index (Phi) is 6.97. The molecule has 2 unspecified atom stereocenters. The first kappa shape index (κ1) is 22.8. The molecule has 2 heterocycles. The summed E-state index contributed by atoms with van der Waals surface area (Å²) in [7, 11) is 0. The molecule has 4 rings (SSSR count). The monoisotopic (exact) mass is 468 g/mol. The van der Waals surface area contributed by atoms with Crippen molar-refractivity contribution in [2.24, 2.45) is 0 Å². The van der Waals surface area contributed by atoms with Crippen molar-refractivity contribution in [2.75, 3.05) is 18.4 Å². The number of para-hydroxylation sites is 1. The second-order valence-corrected chi connectivity index (χ2v) is 8.76. The van der Waals surface area contributed by atoms with Gasteiger partial charge in [-0.1, -0.05) is 18.2 Å². The summed E-state index contributed by atoms with van der Waals surface area (Å²) in [6, 6.07) is 12.9. The van der Waals surface area contributed by atoms with Crippen molar-refractivity contribution in [2.45, 2.75) is 32.6 Å². The summed E-state index contributed by atoms with van der Waals surface area (Å²) < 4.78 is 11.6. The number of benzene rings is 2. The molecule has 0 radical (unpaired) electrons. The Balaban J connectivity index is 1.49. The molecule has 0 bridgehead atoms. The molecule has 3 aromatic rings. The Morgan fingerprint density at radius 1 is 1.24 bits per heavy atom. The molecule has 1 saturated heterocycles. The van der Waals surface area contributed by atoms with Crippen LogP contribution in [-0.4, -0.2) is 46.0 Å². The predicted octanol–water partition coefficient (Wildman–Crippen LogP) is 4.71. The lowest BCUT2D eigenvalue weighted by Gasteiger charge is -2.34. The Bertz CT molecular complexity index is 1130. The van der Waals surface area contributed by atoms with E-state index in [9.17, 15) is 14.9 Å². The van der Waals surface area contributed by atoms with Crippen LogP contribution in [0.4, 0.5) is 10.8 Å². The standard InChI is InChI=1S/C23H24N4O5S/c1-15-11-26(12-16(2)31-15)13-17-14-33-23(24-17)25-22(28)20-10-18(27(29)30)8-9-21(20)32-19-6-4-3-5-7-19/h3-10,14-16H,11-13H2,1-2H3,(H,24,25,28). The van der Waals surface area contributed by atoms with Gasteiger partial charge in [-0.15, -0.1) is 11.3 Å². The van der Waals surface area contributed by atoms with Crippen LogP contribution in [0.3, 0.4) is 0 Å². The Morgan fingerprint density at radius 3 is 2.67 bits per heavy atom. The minimum atomic E-state index is -0.547. The summed E-state index contributed by atoms with van der Waals surface area (Å²) in [4.78, 5) is 30.5. The maximum atomic E-state index is 13.0. The Hall–Kier alpha value is -3.34. The molecule has 0 aliphatic carbocycles. The van der Waals surface area contributed by atoms with Crippen molar-refractivity contribution in [3.05, 3.63) is 75.3 Å². The fourth-order valence-corrected chi connectivity index (χ4v) is 4.45. The Labute approximate surface area is 195 Å². The van der Waals surface area contributed by atoms with E-state index in [-0.39, 0.29) is 29.2 Å². The van der Waals surface area contributed by atoms with Gasteiger partial charge in [-0.05, 0) is 32.0 Å². The van der Waals surface area contributed by atoms with Crippen molar-refractivity contribution >= 4 is 28.1 Å². The summed E-state index contributed by atoms with van der Waals surface area (Å²) in [5.41, 5.74) is 0.702. The number of nitrogens with zero attached hydrogens (tertiary/aromatic N) is 3. The Morgan fingerprint density at radius 2 is 1.97 bits per heavy atom. The zero-order valence-electron chi connectivity index (χ0n) is 18.3. The van der Waals surface area contributed by atoms with Gasteiger partial charge in [-0.3, -0.25) is 25.1 Å². The number of nitro benzene ring substituents is 1. The lowest BCUT2D eigenvalue weighted by Crippen LogP contribution is -2.44. The molecule has 1 amide bonds. The van der Waals surface area contributed by atoms with Crippen LogP contribution in [0.25, 0.3) is 0 Å². The second-order valence-electron chi connectivity index (χ2n) is 7.90. The maximum absolute atomic E-state index is 13.0. The van der Waals surface area contributed by atoms with Gasteiger partial charge in [-0.2, -0.15) is 0 Å². The first-order valence-corrected chi connectivity index (χ1v) is 11.4. The van der Waals surface area contributed by atoms with Crippen LogP contribution >= 0.6 is 11.3 Å². The number of rotatable bonds is 7. The van der Waals surface area contributed by atoms with Gasteiger partial charge in [0.05, 0.1) is 28.4 Å². The maximum Gasteiger partial charge on any atom is 0.270 e. The van der Waals surface area contributed by atoms with Crippen molar-refractivity contribution in [3.8, 4) is 11.5 Å². The van der Waals surface area contributed by atoms with Gasteiger partial charge in [0.1, 0.15) is 11.5 Å². The number of hydrogen-bond acceptors (Lipinski definition) is 8. The lowest BCUT2D eigenvalue weighted by atomic mass is 10.1. The van der Waals surface area contributed by atoms with Crippen molar-refractivity contribution in [1.29, 1.82) is 0 Å². The minimum absolute atomic E-state index is 0.0561. The molecule has 2 atom stereocenters. The van der Waals surface area contributed by atoms with Gasteiger partial charge in [0, 0.05) is 37.1 Å². The molecule has 10 heteroatoms. The van der Waals surface area contributed by atoms with Crippen LogP contribution in [0.1, 0.15) is 29.9 Å². The van der Waals surface area contributed by atoms with E-state index in [0.29, 0.717) is 17.4 Å². The normalized spacial score (nSPS) is 18.6. The average Bonchev–Trinajstić information content (AvgIpc) is 3.20. The highest BCUT2D eigenvalue weighted by atomic mass is 32.1. The third kappa shape index (κ3) is 5.92. The van der Waals surface area contributed by atoms with Crippen LogP contribution in [-0.2, 0) is 11.3 Å². The van der Waals surface area contributed by atoms with E-state index in [1.807, 2.05) is 25.3 Å². The summed E-state index contributed by atoms with van der Waals surface area (Å²) in [5.74, 6) is 0.211. The highest BCUT2D eigenvalue weighted by Crippen LogP contribution is 2.30. The molecule has 1 N–H and O–H groups in total. The van der Waals surface area contributed by atoms with Crippen molar-refractivity contribution in [3.63, 3.8) is 0 Å². The number of aromatic nitrogens is 1. The van der Waals surface area contributed by atoms with Crippen LogP contribution in [0.5, 0.6) is 11.5 Å². The fourth-order valence-electron chi connectivity index (χ4n) is 3.76. The van der Waals surface area contributed by atoms with E-state index in [1.54, 1.807) is 24.3 Å². The number of carbonyl (C=O) groups excluding carboxylic acids is 1. The van der Waals surface area contributed by atoms with Crippen LogP contribution in [0.2, 0.25) is 0 Å². The first-order chi connectivity index (χ1) is 15.9. The van der Waals surface area contributed by atoms with E-state index in [4.69, 9.17) is 9.47 Å². The van der Waals surface area contributed by atoms with E-state index in [1.165, 1.54) is 29.5 Å². The topological polar surface area (TPSA) is 107 Å². The molecule has 1 aliphatic rings. The molecule has 9 nitrogen and oxygen atoms in total. The number of hydrogen-bond donors (Lipinski definition) is 1.